The van der Waals surface area contributed by atoms with Crippen LogP contribution in [-0.4, -0.2) is 9.30 Å². The van der Waals surface area contributed by atoms with E-state index in [0.717, 1.165) is 0 Å². The molecule has 0 saturated carbocycles. The topological polar surface area (TPSA) is 23.1 Å². The average Bonchev–Trinajstić information content (AvgIpc) is 1.35. The highest BCUT2D eigenvalue weighted by Crippen LogP contribution is 2.15. The van der Waals surface area contributed by atoms with E-state index in [-0.39, 0.29) is 0 Å². The van der Waals surface area contributed by atoms with Crippen molar-refractivity contribution in [1.82, 2.24) is 0 Å². The van der Waals surface area contributed by atoms with Gasteiger partial charge >= 0.3 is 0 Å². The van der Waals surface area contributed by atoms with Gasteiger partial charge in [-0.2, -0.15) is 12.0 Å². The summed E-state index contributed by atoms with van der Waals surface area (Å²) in [4.78, 5) is 0. The Morgan fingerprint density at radius 3 is 1.83 bits per heavy atom. The Morgan fingerprint density at radius 1 is 1.67 bits per heavy atom. The summed E-state index contributed by atoms with van der Waals surface area (Å²) in [7, 11) is 0. The molecule has 0 amide bonds. The first-order valence-corrected chi connectivity index (χ1v) is 2.17. The second kappa shape index (κ2) is 1.67. The molecule has 0 aliphatic carbocycles. The predicted molar refractivity (Wildman–Crippen MR) is 27.2 cm³/mol. The van der Waals surface area contributed by atoms with Gasteiger partial charge in [-0.1, -0.05) is 0 Å². The molecule has 0 fully saturated rings. The third-order valence-electron chi connectivity index (χ3n) is 0.177. The van der Waals surface area contributed by atoms with Crippen LogP contribution in [-0.2, 0) is 0 Å². The summed E-state index contributed by atoms with van der Waals surface area (Å²) in [5.74, 6) is 0. The van der Waals surface area contributed by atoms with Gasteiger partial charge in [0.1, 0.15) is 4.75 Å². The van der Waals surface area contributed by atoms with Crippen LogP contribution < -0.4 is 0 Å². The van der Waals surface area contributed by atoms with Gasteiger partial charge in [0.05, 0.1) is 13.8 Å². The van der Waals surface area contributed by atoms with Crippen LogP contribution in [0.25, 0.3) is 0 Å². The van der Waals surface area contributed by atoms with Gasteiger partial charge in [-0.05, 0) is 0 Å². The second-order valence-corrected chi connectivity index (χ2v) is 2.30. The van der Waals surface area contributed by atoms with Crippen molar-refractivity contribution in [3.8, 4) is 0 Å². The van der Waals surface area contributed by atoms with Crippen LogP contribution in [0, 0.1) is 20.8 Å². The molecule has 0 bridgehead atoms. The van der Waals surface area contributed by atoms with E-state index in [0.29, 0.717) is 12.0 Å². The van der Waals surface area contributed by atoms with Crippen molar-refractivity contribution in [2.24, 2.45) is 0 Å². The van der Waals surface area contributed by atoms with Crippen molar-refractivity contribution in [1.29, 1.82) is 0 Å². The molecule has 0 unspecified atom stereocenters. The fourth-order valence-electron chi connectivity index (χ4n) is 0. The largest absolute Gasteiger partial charge is 0.794 e. The van der Waals surface area contributed by atoms with E-state index in [1.807, 2.05) is 0 Å². The Kier molecular flexibility index (Phi) is 1.68. The smallest absolute Gasteiger partial charge is 0.150 e. The second-order valence-electron chi connectivity index (χ2n) is 1.27. The zero-order valence-electron chi connectivity index (χ0n) is 3.44. The van der Waals surface area contributed by atoms with Crippen LogP contribution in [0.5, 0.6) is 0 Å². The zero-order valence-corrected chi connectivity index (χ0v) is 4.25. The van der Waals surface area contributed by atoms with Gasteiger partial charge in [0, 0.05) is 0 Å². The molecule has 0 heterocycles. The monoisotopic (exact) mass is 102 g/mol. The van der Waals surface area contributed by atoms with Crippen LogP contribution in [0.15, 0.2) is 0 Å². The third-order valence-corrected chi connectivity index (χ3v) is 0.530. The van der Waals surface area contributed by atoms with Crippen LogP contribution in [0.1, 0.15) is 0 Å². The normalized spacial score (nSPS) is 11.7. The molecule has 1 nitrogen and oxygen atoms in total. The molecule has 0 aliphatic rings. The molecule has 0 saturated heterocycles. The SMILES string of the molecule is [CH2+]C([CH2+])([CH2-])S[O-]. The van der Waals surface area contributed by atoms with Crippen molar-refractivity contribution in [2.45, 2.75) is 4.75 Å². The van der Waals surface area contributed by atoms with Crippen molar-refractivity contribution in [3.63, 3.8) is 0 Å². The van der Waals surface area contributed by atoms with E-state index < -0.39 is 4.75 Å². The predicted octanol–water partition coefficient (Wildman–Crippen LogP) is 1.09. The van der Waals surface area contributed by atoms with Crippen LogP contribution in [0.2, 0.25) is 0 Å². The van der Waals surface area contributed by atoms with Gasteiger partial charge in [0.15, 0.2) is 0 Å². The highest BCUT2D eigenvalue weighted by Gasteiger charge is 2.09. The van der Waals surface area contributed by atoms with Crippen molar-refractivity contribution < 1.29 is 4.55 Å². The van der Waals surface area contributed by atoms with Gasteiger partial charge in [-0.3, -0.25) is 0 Å². The summed E-state index contributed by atoms with van der Waals surface area (Å²) in [6, 6.07) is 0. The molecule has 34 valence electrons. The summed E-state index contributed by atoms with van der Waals surface area (Å²) in [6.45, 7) is 9.95. The van der Waals surface area contributed by atoms with Crippen LogP contribution in [0.4, 0.5) is 0 Å². The molecule has 2 heteroatoms. The maximum absolute atomic E-state index is 9.68. The average molecular weight is 102 g/mol. The van der Waals surface area contributed by atoms with Gasteiger partial charge in [-0.25, -0.2) is 6.92 Å². The van der Waals surface area contributed by atoms with Crippen molar-refractivity contribution >= 4 is 12.0 Å². The lowest BCUT2D eigenvalue weighted by Crippen LogP contribution is -2.07. The molecular formula is C4H6OS. The summed E-state index contributed by atoms with van der Waals surface area (Å²) in [5.41, 5.74) is 0. The van der Waals surface area contributed by atoms with Crippen LogP contribution >= 0.6 is 12.0 Å². The first kappa shape index (κ1) is 6.05. The minimum absolute atomic E-state index is 0.299. The molecule has 0 aliphatic heterocycles. The molecule has 0 aromatic heterocycles. The summed E-state index contributed by atoms with van der Waals surface area (Å²) in [6.07, 6.45) is 0. The fourth-order valence-corrected chi connectivity index (χ4v) is 0. The standard InChI is InChI=1S/C4H6OS/c1-4(2,3)6-5/h1-3H2. The molecule has 0 spiro atoms. The van der Waals surface area contributed by atoms with Crippen molar-refractivity contribution in [2.75, 3.05) is 0 Å². The van der Waals surface area contributed by atoms with E-state index in [9.17, 15) is 4.55 Å². The summed E-state index contributed by atoms with van der Waals surface area (Å²) >= 11 is 0.299. The highest BCUT2D eigenvalue weighted by atomic mass is 32.2. The van der Waals surface area contributed by atoms with Crippen LogP contribution in [0.3, 0.4) is 0 Å². The Balaban J connectivity index is 3.17. The minimum atomic E-state index is -0.847. The zero-order chi connectivity index (χ0) is 5.21. The minimum Gasteiger partial charge on any atom is -0.794 e. The van der Waals surface area contributed by atoms with E-state index in [4.69, 9.17) is 0 Å². The molecule has 6 heavy (non-hydrogen) atoms. The third kappa shape index (κ3) is 4.05. The molecule has 0 aromatic rings. The maximum atomic E-state index is 9.68. The molecule has 0 rings (SSSR count). The Hall–Kier alpha value is 0.0500. The molecule has 0 aromatic carbocycles. The summed E-state index contributed by atoms with van der Waals surface area (Å²) in [5, 5.41) is 0. The van der Waals surface area contributed by atoms with E-state index in [1.165, 1.54) is 0 Å². The Labute approximate surface area is 43.0 Å². The van der Waals surface area contributed by atoms with E-state index >= 15 is 0 Å². The van der Waals surface area contributed by atoms with Gasteiger partial charge in [0.25, 0.3) is 0 Å². The highest BCUT2D eigenvalue weighted by molar-refractivity contribution is 7.95. The lowest BCUT2D eigenvalue weighted by atomic mass is 10.3. The molecule has 0 radical (unpaired) electrons. The maximum Gasteiger partial charge on any atom is 0.150 e. The van der Waals surface area contributed by atoms with Gasteiger partial charge in [0.2, 0.25) is 0 Å². The van der Waals surface area contributed by atoms with Gasteiger partial charge in [-0.15, -0.1) is 0 Å². The number of hydrogen-bond donors (Lipinski definition) is 0. The molecule has 0 N–H and O–H groups in total. The Morgan fingerprint density at radius 2 is 1.83 bits per heavy atom. The number of hydrogen-bond acceptors (Lipinski definition) is 2. The number of rotatable bonds is 1. The Bertz CT molecular complexity index is 37.3. The fraction of sp³-hybridized carbons (Fsp3) is 0.250. The lowest BCUT2D eigenvalue weighted by molar-refractivity contribution is 0.610. The van der Waals surface area contributed by atoms with Gasteiger partial charge < -0.3 is 4.55 Å². The summed E-state index contributed by atoms with van der Waals surface area (Å²) < 4.78 is 8.83. The first-order valence-electron chi connectivity index (χ1n) is 1.43. The van der Waals surface area contributed by atoms with E-state index in [1.54, 1.807) is 0 Å². The quantitative estimate of drug-likeness (QED) is 0.365. The molecule has 0 atom stereocenters. The first-order chi connectivity index (χ1) is 2.56. The lowest BCUT2D eigenvalue weighted by Gasteiger charge is -2.13. The van der Waals surface area contributed by atoms with E-state index in [2.05, 4.69) is 20.8 Å². The van der Waals surface area contributed by atoms with Crippen molar-refractivity contribution in [3.05, 3.63) is 20.8 Å². The molecular weight excluding hydrogens is 96.1 g/mol.